The second kappa shape index (κ2) is 10.7. The summed E-state index contributed by atoms with van der Waals surface area (Å²) in [6.07, 6.45) is 3.91. The Morgan fingerprint density at radius 2 is 1.85 bits per heavy atom. The second-order valence-corrected chi connectivity index (χ2v) is 10.2. The summed E-state index contributed by atoms with van der Waals surface area (Å²) in [5.41, 5.74) is 9.20. The van der Waals surface area contributed by atoms with Crippen molar-refractivity contribution in [1.82, 2.24) is 24.8 Å². The van der Waals surface area contributed by atoms with Crippen molar-refractivity contribution in [3.63, 3.8) is 0 Å². The molecule has 2 aromatic heterocycles. The van der Waals surface area contributed by atoms with Gasteiger partial charge < -0.3 is 11.1 Å². The maximum atomic E-state index is 13.9. The number of nitrogens with zero attached hydrogens (tertiary/aromatic N) is 4. The molecule has 1 aliphatic heterocycles. The number of nitrogen functional groups attached to an aromatic ring is 1. The van der Waals surface area contributed by atoms with Gasteiger partial charge in [-0.15, -0.1) is 0 Å². The number of amides is 2. The highest BCUT2D eigenvalue weighted by Gasteiger charge is 2.29. The average molecular weight is 542 g/mol. The van der Waals surface area contributed by atoms with E-state index in [1.807, 2.05) is 62.4 Å². The number of hydrogen-bond donors (Lipinski definition) is 3. The number of aromatic nitrogens is 4. The van der Waals surface area contributed by atoms with Crippen molar-refractivity contribution in [3.05, 3.63) is 87.6 Å². The monoisotopic (exact) mass is 541 g/mol. The number of anilines is 2. The quantitative estimate of drug-likeness (QED) is 0.312. The predicted octanol–water partition coefficient (Wildman–Crippen LogP) is 4.30. The standard InChI is InChI=1S/C28H27N7O3S/c1-4-19(31-23-18(16(3)30-27(29)33-23)13-14-21-25(36)34-28(38)39-21)24-32-20-12-8-9-15(2)22(20)26(37)35(24)17-10-6-5-7-11-17/h5-14,19,21H,4H2,1-3H3,(H,34,36,38)(H3,29,30,31,33)/b14-13+. The highest BCUT2D eigenvalue weighted by atomic mass is 32.2. The van der Waals surface area contributed by atoms with E-state index in [4.69, 9.17) is 10.7 Å². The number of aryl methyl sites for hydroxylation is 2. The van der Waals surface area contributed by atoms with Gasteiger partial charge >= 0.3 is 0 Å². The zero-order valence-electron chi connectivity index (χ0n) is 21.6. The summed E-state index contributed by atoms with van der Waals surface area (Å²) < 4.78 is 1.63. The van der Waals surface area contributed by atoms with Crippen molar-refractivity contribution in [2.45, 2.75) is 38.5 Å². The van der Waals surface area contributed by atoms with Crippen LogP contribution in [0.3, 0.4) is 0 Å². The Kier molecular flexibility index (Phi) is 7.16. The Morgan fingerprint density at radius 3 is 2.54 bits per heavy atom. The van der Waals surface area contributed by atoms with Crippen LogP contribution in [0.1, 0.15) is 42.0 Å². The van der Waals surface area contributed by atoms with E-state index in [-0.39, 0.29) is 22.7 Å². The molecule has 5 rings (SSSR count). The highest BCUT2D eigenvalue weighted by molar-refractivity contribution is 8.15. The molecule has 2 aromatic carbocycles. The molecule has 1 saturated heterocycles. The van der Waals surface area contributed by atoms with E-state index < -0.39 is 11.3 Å². The van der Waals surface area contributed by atoms with Crippen LogP contribution in [0.2, 0.25) is 0 Å². The van der Waals surface area contributed by atoms with E-state index in [1.165, 1.54) is 0 Å². The molecule has 2 unspecified atom stereocenters. The molecule has 0 bridgehead atoms. The Balaban J connectivity index is 1.63. The van der Waals surface area contributed by atoms with E-state index >= 15 is 0 Å². The zero-order valence-corrected chi connectivity index (χ0v) is 22.5. The lowest BCUT2D eigenvalue weighted by molar-refractivity contribution is -0.118. The molecule has 1 aliphatic rings. The molecule has 198 valence electrons. The molecule has 11 heteroatoms. The van der Waals surface area contributed by atoms with Gasteiger partial charge in [-0.2, -0.15) is 4.98 Å². The minimum absolute atomic E-state index is 0.0766. The smallest absolute Gasteiger partial charge is 0.286 e. The van der Waals surface area contributed by atoms with Gasteiger partial charge in [0.25, 0.3) is 10.8 Å². The summed E-state index contributed by atoms with van der Waals surface area (Å²) in [5, 5.41) is 5.22. The van der Waals surface area contributed by atoms with Crippen molar-refractivity contribution in [3.8, 4) is 5.69 Å². The number of nitrogens with two attached hydrogens (primary N) is 1. The van der Waals surface area contributed by atoms with Gasteiger partial charge in [-0.1, -0.05) is 49.4 Å². The molecule has 0 spiro atoms. The maximum Gasteiger partial charge on any atom is 0.286 e. The van der Waals surface area contributed by atoms with Crippen molar-refractivity contribution in [2.75, 3.05) is 11.1 Å². The fourth-order valence-corrected chi connectivity index (χ4v) is 5.29. The SMILES string of the molecule is CCC(Nc1nc(N)nc(C)c1/C=C/C1SC(=O)NC1=O)c1nc2cccc(C)c2c(=O)n1-c1ccccc1. The van der Waals surface area contributed by atoms with E-state index in [1.54, 1.807) is 23.6 Å². The van der Waals surface area contributed by atoms with Crippen LogP contribution in [0.15, 0.2) is 59.4 Å². The predicted molar refractivity (Wildman–Crippen MR) is 154 cm³/mol. The third kappa shape index (κ3) is 5.13. The summed E-state index contributed by atoms with van der Waals surface area (Å²) >= 11 is 0.906. The minimum Gasteiger partial charge on any atom is -0.368 e. The summed E-state index contributed by atoms with van der Waals surface area (Å²) in [7, 11) is 0. The maximum absolute atomic E-state index is 13.9. The van der Waals surface area contributed by atoms with Gasteiger partial charge in [-0.25, -0.2) is 9.97 Å². The number of nitrogens with one attached hydrogen (secondary N) is 2. The van der Waals surface area contributed by atoms with Crippen LogP contribution in [-0.4, -0.2) is 35.9 Å². The first kappa shape index (κ1) is 26.1. The Morgan fingerprint density at radius 1 is 1.08 bits per heavy atom. The topological polar surface area (TPSA) is 145 Å². The number of benzene rings is 2. The van der Waals surface area contributed by atoms with E-state index in [0.29, 0.717) is 45.9 Å². The molecule has 39 heavy (non-hydrogen) atoms. The third-order valence-corrected chi connectivity index (χ3v) is 7.43. The van der Waals surface area contributed by atoms with Crippen LogP contribution in [-0.2, 0) is 4.79 Å². The number of imide groups is 1. The summed E-state index contributed by atoms with van der Waals surface area (Å²) in [6, 6.07) is 14.6. The Bertz CT molecular complexity index is 1680. The number of para-hydroxylation sites is 1. The van der Waals surface area contributed by atoms with Crippen LogP contribution >= 0.6 is 11.8 Å². The van der Waals surface area contributed by atoms with Crippen LogP contribution < -0.4 is 21.9 Å². The molecule has 10 nitrogen and oxygen atoms in total. The number of rotatable bonds is 7. The van der Waals surface area contributed by atoms with Crippen molar-refractivity contribution in [1.29, 1.82) is 0 Å². The largest absolute Gasteiger partial charge is 0.368 e. The van der Waals surface area contributed by atoms with Gasteiger partial charge in [-0.05, 0) is 55.8 Å². The molecule has 0 aliphatic carbocycles. The van der Waals surface area contributed by atoms with Gasteiger partial charge in [0.1, 0.15) is 16.9 Å². The lowest BCUT2D eigenvalue weighted by atomic mass is 10.1. The first-order valence-corrected chi connectivity index (χ1v) is 13.3. The van der Waals surface area contributed by atoms with E-state index in [0.717, 1.165) is 17.3 Å². The zero-order chi connectivity index (χ0) is 27.7. The fourth-order valence-electron chi connectivity index (χ4n) is 4.58. The normalized spacial score (nSPS) is 16.1. The number of carbonyl (C=O) groups is 2. The molecule has 4 N–H and O–H groups in total. The first-order chi connectivity index (χ1) is 18.8. The average Bonchev–Trinajstić information content (AvgIpc) is 3.23. The van der Waals surface area contributed by atoms with Crippen LogP contribution in [0.4, 0.5) is 16.6 Å². The molecule has 2 atom stereocenters. The number of thioether (sulfide) groups is 1. The molecule has 1 fully saturated rings. The minimum atomic E-state index is -0.655. The van der Waals surface area contributed by atoms with E-state index in [9.17, 15) is 14.4 Å². The van der Waals surface area contributed by atoms with Gasteiger partial charge in [0.2, 0.25) is 11.9 Å². The molecule has 0 radical (unpaired) electrons. The first-order valence-electron chi connectivity index (χ1n) is 12.4. The van der Waals surface area contributed by atoms with Crippen molar-refractivity contribution < 1.29 is 9.59 Å². The summed E-state index contributed by atoms with van der Waals surface area (Å²) in [4.78, 5) is 51.2. The van der Waals surface area contributed by atoms with Crippen LogP contribution in [0.5, 0.6) is 0 Å². The summed E-state index contributed by atoms with van der Waals surface area (Å²) in [6.45, 7) is 5.67. The lowest BCUT2D eigenvalue weighted by Crippen LogP contribution is -2.29. The molecule has 2 amide bonds. The third-order valence-electron chi connectivity index (χ3n) is 6.49. The molecule has 4 aromatic rings. The highest BCUT2D eigenvalue weighted by Crippen LogP contribution is 2.29. The van der Waals surface area contributed by atoms with Crippen molar-refractivity contribution in [2.24, 2.45) is 0 Å². The second-order valence-electron chi connectivity index (χ2n) is 9.12. The fraction of sp³-hybridized carbons (Fsp3) is 0.214. The number of carbonyl (C=O) groups excluding carboxylic acids is 2. The van der Waals surface area contributed by atoms with Crippen molar-refractivity contribution >= 4 is 51.7 Å². The molecular weight excluding hydrogens is 514 g/mol. The van der Waals surface area contributed by atoms with Crippen LogP contribution in [0.25, 0.3) is 22.7 Å². The van der Waals surface area contributed by atoms with Gasteiger partial charge in [0.05, 0.1) is 28.3 Å². The van der Waals surface area contributed by atoms with Gasteiger partial charge in [0.15, 0.2) is 0 Å². The van der Waals surface area contributed by atoms with Gasteiger partial charge in [-0.3, -0.25) is 24.3 Å². The summed E-state index contributed by atoms with van der Waals surface area (Å²) in [5.74, 6) is 0.648. The Labute approximate surface area is 228 Å². The van der Waals surface area contributed by atoms with E-state index in [2.05, 4.69) is 20.6 Å². The van der Waals surface area contributed by atoms with Gasteiger partial charge in [0, 0.05) is 5.56 Å². The lowest BCUT2D eigenvalue weighted by Gasteiger charge is -2.23. The molecule has 3 heterocycles. The Hall–Kier alpha value is -4.51. The number of fused-ring (bicyclic) bond motifs is 1. The van der Waals surface area contributed by atoms with Crippen LogP contribution in [0, 0.1) is 13.8 Å². The molecular formula is C28H27N7O3S. The molecule has 0 saturated carbocycles. The number of hydrogen-bond acceptors (Lipinski definition) is 9.